The van der Waals surface area contributed by atoms with E-state index in [1.807, 2.05) is 0 Å². The first kappa shape index (κ1) is 17.5. The lowest BCUT2D eigenvalue weighted by Gasteiger charge is -2.12. The van der Waals surface area contributed by atoms with E-state index in [0.717, 1.165) is 11.8 Å². The van der Waals surface area contributed by atoms with Crippen LogP contribution in [0.3, 0.4) is 0 Å². The molecule has 0 radical (unpaired) electrons. The summed E-state index contributed by atoms with van der Waals surface area (Å²) < 4.78 is 21.1. The average molecular weight is 398 g/mol. The van der Waals surface area contributed by atoms with E-state index >= 15 is 0 Å². The van der Waals surface area contributed by atoms with Gasteiger partial charge in [0.15, 0.2) is 9.69 Å². The standard InChI is InChI=1S/C11H9Cl2N3O3S3/c12-5-2-1-3-6(8(5)13)15-11(20)16-7-4-21-10(9(7)17)22(14,18)19/h1-4,10H,(H2,14,18,19)(H2,15,16,20). The van der Waals surface area contributed by atoms with E-state index < -0.39 is 20.4 Å². The molecule has 0 fully saturated rings. The molecule has 0 saturated heterocycles. The smallest absolute Gasteiger partial charge is 0.229 e. The number of carbonyl (C=O) groups excluding carboxylic acids is 1. The predicted molar refractivity (Wildman–Crippen MR) is 93.4 cm³/mol. The van der Waals surface area contributed by atoms with Gasteiger partial charge in [0, 0.05) is 5.41 Å². The van der Waals surface area contributed by atoms with Crippen molar-refractivity contribution in [3.05, 3.63) is 39.3 Å². The highest BCUT2D eigenvalue weighted by Gasteiger charge is 2.37. The fraction of sp³-hybridized carbons (Fsp3) is 0.0909. The van der Waals surface area contributed by atoms with Gasteiger partial charge in [-0.25, -0.2) is 13.6 Å². The summed E-state index contributed by atoms with van der Waals surface area (Å²) in [5.41, 5.74) is 0.494. The SMILES string of the molecule is NS(=O)(=O)C1SC=C(NC(=S)Nc2cccc(Cl)c2Cl)C1=O. The molecule has 6 nitrogen and oxygen atoms in total. The predicted octanol–water partition coefficient (Wildman–Crippen LogP) is 2.05. The maximum atomic E-state index is 11.9. The molecule has 0 aliphatic carbocycles. The maximum Gasteiger partial charge on any atom is 0.229 e. The fourth-order valence-corrected chi connectivity index (χ4v) is 4.04. The number of hydrogen-bond donors (Lipinski definition) is 3. The van der Waals surface area contributed by atoms with Crippen LogP contribution in [0.15, 0.2) is 29.3 Å². The van der Waals surface area contributed by atoms with Gasteiger partial charge in [0.1, 0.15) is 0 Å². The first-order chi connectivity index (χ1) is 10.2. The first-order valence-electron chi connectivity index (χ1n) is 5.63. The number of sulfonamides is 1. The minimum absolute atomic E-state index is 0.0414. The maximum absolute atomic E-state index is 11.9. The minimum atomic E-state index is -3.97. The number of benzene rings is 1. The van der Waals surface area contributed by atoms with Crippen LogP contribution in [-0.4, -0.2) is 23.9 Å². The van der Waals surface area contributed by atoms with Crippen LogP contribution in [0.5, 0.6) is 0 Å². The largest absolute Gasteiger partial charge is 0.331 e. The van der Waals surface area contributed by atoms with E-state index in [-0.39, 0.29) is 15.8 Å². The van der Waals surface area contributed by atoms with Gasteiger partial charge in [-0.05, 0) is 24.4 Å². The van der Waals surface area contributed by atoms with Gasteiger partial charge in [-0.3, -0.25) is 4.79 Å². The lowest BCUT2D eigenvalue weighted by molar-refractivity contribution is -0.113. The molecular formula is C11H9Cl2N3O3S3. The molecule has 0 amide bonds. The van der Waals surface area contributed by atoms with Gasteiger partial charge in [0.05, 0.1) is 21.4 Å². The summed E-state index contributed by atoms with van der Waals surface area (Å²) in [6, 6.07) is 4.93. The Hall–Kier alpha value is -0.840. The van der Waals surface area contributed by atoms with Gasteiger partial charge in [-0.1, -0.05) is 29.3 Å². The highest BCUT2D eigenvalue weighted by Crippen LogP contribution is 2.30. The van der Waals surface area contributed by atoms with Gasteiger partial charge in [0.2, 0.25) is 15.8 Å². The number of nitrogens with one attached hydrogen (secondary N) is 2. The lowest BCUT2D eigenvalue weighted by Crippen LogP contribution is -2.36. The number of primary sulfonamides is 1. The first-order valence-corrected chi connectivity index (χ1v) is 9.35. The van der Waals surface area contributed by atoms with Crippen molar-refractivity contribution in [3.63, 3.8) is 0 Å². The number of carbonyl (C=O) groups is 1. The quantitative estimate of drug-likeness (QED) is 0.670. The van der Waals surface area contributed by atoms with Crippen molar-refractivity contribution in [2.45, 2.75) is 4.58 Å². The van der Waals surface area contributed by atoms with E-state index in [2.05, 4.69) is 10.6 Å². The molecule has 0 saturated carbocycles. The third-order valence-electron chi connectivity index (χ3n) is 2.54. The number of nitrogens with two attached hydrogens (primary N) is 1. The van der Waals surface area contributed by atoms with Crippen LogP contribution in [0.2, 0.25) is 10.0 Å². The molecular weight excluding hydrogens is 389 g/mol. The molecule has 22 heavy (non-hydrogen) atoms. The lowest BCUT2D eigenvalue weighted by atomic mass is 10.3. The second kappa shape index (κ2) is 6.73. The van der Waals surface area contributed by atoms with Crippen LogP contribution in [-0.2, 0) is 14.8 Å². The zero-order valence-electron chi connectivity index (χ0n) is 10.7. The summed E-state index contributed by atoms with van der Waals surface area (Å²) in [7, 11) is -3.97. The number of thiocarbonyl (C=S) groups is 1. The molecule has 0 spiro atoms. The number of rotatable bonds is 3. The summed E-state index contributed by atoms with van der Waals surface area (Å²) in [6.07, 6.45) is 0. The van der Waals surface area contributed by atoms with E-state index in [4.69, 9.17) is 40.6 Å². The Labute approximate surface area is 146 Å². The molecule has 1 aromatic carbocycles. The molecule has 0 bridgehead atoms. The van der Waals surface area contributed by atoms with E-state index in [0.29, 0.717) is 10.7 Å². The molecule has 4 N–H and O–H groups in total. The van der Waals surface area contributed by atoms with Crippen molar-refractivity contribution in [3.8, 4) is 0 Å². The van der Waals surface area contributed by atoms with Crippen molar-refractivity contribution in [1.29, 1.82) is 0 Å². The summed E-state index contributed by atoms with van der Waals surface area (Å²) in [6.45, 7) is 0. The van der Waals surface area contributed by atoms with Gasteiger partial charge in [-0.15, -0.1) is 11.8 Å². The van der Waals surface area contributed by atoms with Crippen LogP contribution in [0.25, 0.3) is 0 Å². The van der Waals surface area contributed by atoms with Crippen LogP contribution in [0.4, 0.5) is 5.69 Å². The average Bonchev–Trinajstić information content (AvgIpc) is 2.76. The Kier molecular flexibility index (Phi) is 5.36. The fourth-order valence-electron chi connectivity index (χ4n) is 1.57. The van der Waals surface area contributed by atoms with Crippen LogP contribution in [0, 0.1) is 0 Å². The van der Waals surface area contributed by atoms with E-state index in [1.54, 1.807) is 18.2 Å². The Morgan fingerprint density at radius 2 is 2.00 bits per heavy atom. The van der Waals surface area contributed by atoms with Crippen molar-refractivity contribution in [2.24, 2.45) is 5.14 Å². The Balaban J connectivity index is 2.05. The normalized spacial score (nSPS) is 18.0. The molecule has 1 aliphatic heterocycles. The minimum Gasteiger partial charge on any atom is -0.331 e. The van der Waals surface area contributed by atoms with Gasteiger partial charge >= 0.3 is 0 Å². The van der Waals surface area contributed by atoms with Crippen LogP contribution in [0.1, 0.15) is 0 Å². The topological polar surface area (TPSA) is 101 Å². The van der Waals surface area contributed by atoms with Gasteiger partial charge in [-0.2, -0.15) is 0 Å². The van der Waals surface area contributed by atoms with Crippen molar-refractivity contribution < 1.29 is 13.2 Å². The number of hydrogen-bond acceptors (Lipinski definition) is 5. The molecule has 1 aromatic rings. The van der Waals surface area contributed by atoms with Crippen molar-refractivity contribution in [1.82, 2.24) is 5.32 Å². The highest BCUT2D eigenvalue weighted by molar-refractivity contribution is 8.16. The third-order valence-corrected chi connectivity index (χ3v) is 6.34. The summed E-state index contributed by atoms with van der Waals surface area (Å²) >= 11 is 17.7. The summed E-state index contributed by atoms with van der Waals surface area (Å²) in [5.74, 6) is -0.658. The third kappa shape index (κ3) is 3.92. The molecule has 1 unspecified atom stereocenters. The molecule has 11 heteroatoms. The van der Waals surface area contributed by atoms with E-state index in [1.165, 1.54) is 5.41 Å². The van der Waals surface area contributed by atoms with Crippen molar-refractivity contribution in [2.75, 3.05) is 5.32 Å². The zero-order valence-corrected chi connectivity index (χ0v) is 14.6. The molecule has 2 rings (SSSR count). The second-order valence-corrected chi connectivity index (χ2v) is 8.25. The number of thioether (sulfide) groups is 1. The molecule has 118 valence electrons. The van der Waals surface area contributed by atoms with Gasteiger partial charge in [0.25, 0.3) is 0 Å². The van der Waals surface area contributed by atoms with E-state index in [9.17, 15) is 13.2 Å². The number of halogens is 2. The number of ketones is 1. The summed E-state index contributed by atoms with van der Waals surface area (Å²) in [4.78, 5) is 11.9. The highest BCUT2D eigenvalue weighted by atomic mass is 35.5. The molecule has 1 heterocycles. The Morgan fingerprint density at radius 3 is 2.59 bits per heavy atom. The Bertz CT molecular complexity index is 780. The summed E-state index contributed by atoms with van der Waals surface area (Å²) in [5, 5.41) is 12.4. The molecule has 1 atom stereocenters. The number of Topliss-reactive ketones (excluding diaryl/α,β-unsaturated/α-hetero) is 1. The molecule has 1 aliphatic rings. The number of allylic oxidation sites excluding steroid dienone is 1. The van der Waals surface area contributed by atoms with Crippen molar-refractivity contribution >= 4 is 73.8 Å². The van der Waals surface area contributed by atoms with Gasteiger partial charge < -0.3 is 10.6 Å². The zero-order chi connectivity index (χ0) is 16.5. The second-order valence-electron chi connectivity index (χ2n) is 4.13. The number of anilines is 1. The van der Waals surface area contributed by atoms with Crippen LogP contribution >= 0.6 is 47.2 Å². The monoisotopic (exact) mass is 397 g/mol. The van der Waals surface area contributed by atoms with Crippen LogP contribution < -0.4 is 15.8 Å². The molecule has 0 aromatic heterocycles. The Morgan fingerprint density at radius 1 is 1.32 bits per heavy atom.